The standard InChI is InChI=1S/C10H13N3/c1-11-7-8-13(9-11)10-12-5-3-2-4-6-12/h2-9H,10H2,1H3/q+2. The van der Waals surface area contributed by atoms with Gasteiger partial charge in [0.05, 0.1) is 7.05 Å². The first-order valence-corrected chi connectivity index (χ1v) is 4.30. The molecule has 2 rings (SSSR count). The molecule has 0 bridgehead atoms. The third-order valence-electron chi connectivity index (χ3n) is 1.93. The summed E-state index contributed by atoms with van der Waals surface area (Å²) in [6.45, 7) is 0.863. The Morgan fingerprint density at radius 2 is 1.85 bits per heavy atom. The topological polar surface area (TPSA) is 12.7 Å². The third kappa shape index (κ3) is 1.93. The van der Waals surface area contributed by atoms with E-state index in [2.05, 4.69) is 34.1 Å². The Kier molecular flexibility index (Phi) is 2.08. The van der Waals surface area contributed by atoms with E-state index >= 15 is 0 Å². The summed E-state index contributed by atoms with van der Waals surface area (Å²) in [5.41, 5.74) is 0. The molecule has 3 nitrogen and oxygen atoms in total. The van der Waals surface area contributed by atoms with Crippen molar-refractivity contribution in [1.29, 1.82) is 0 Å². The molecule has 3 heteroatoms. The zero-order valence-corrected chi connectivity index (χ0v) is 7.67. The Bertz CT molecular complexity index is 378. The Morgan fingerprint density at radius 1 is 1.08 bits per heavy atom. The van der Waals surface area contributed by atoms with Gasteiger partial charge in [-0.3, -0.25) is 0 Å². The van der Waals surface area contributed by atoms with Crippen molar-refractivity contribution in [2.75, 3.05) is 0 Å². The lowest BCUT2D eigenvalue weighted by molar-refractivity contribution is -0.707. The Hall–Kier alpha value is -1.64. The molecule has 0 radical (unpaired) electrons. The fraction of sp³-hybridized carbons (Fsp3) is 0.200. The quantitative estimate of drug-likeness (QED) is 0.574. The largest absolute Gasteiger partial charge is 0.289 e. The fourth-order valence-electron chi connectivity index (χ4n) is 1.30. The number of nitrogens with zero attached hydrogens (tertiary/aromatic N) is 3. The lowest BCUT2D eigenvalue weighted by atomic mass is 10.5. The van der Waals surface area contributed by atoms with Gasteiger partial charge in [-0.1, -0.05) is 6.07 Å². The van der Waals surface area contributed by atoms with Crippen molar-refractivity contribution in [3.05, 3.63) is 49.3 Å². The summed E-state index contributed by atoms with van der Waals surface area (Å²) in [7, 11) is 2.02. The molecule has 0 unspecified atom stereocenters. The van der Waals surface area contributed by atoms with Gasteiger partial charge in [-0.25, -0.2) is 4.57 Å². The monoisotopic (exact) mass is 175 g/mol. The van der Waals surface area contributed by atoms with Gasteiger partial charge in [0.25, 0.3) is 6.67 Å². The minimum Gasteiger partial charge on any atom is -0.239 e. The van der Waals surface area contributed by atoms with E-state index in [0.717, 1.165) is 6.67 Å². The van der Waals surface area contributed by atoms with Crippen molar-refractivity contribution < 1.29 is 9.13 Å². The van der Waals surface area contributed by atoms with Crippen LogP contribution in [-0.4, -0.2) is 4.57 Å². The lowest BCUT2D eigenvalue weighted by Crippen LogP contribution is -2.36. The van der Waals surface area contributed by atoms with E-state index < -0.39 is 0 Å². The van der Waals surface area contributed by atoms with Crippen LogP contribution < -0.4 is 9.13 Å². The molecule has 0 atom stereocenters. The third-order valence-corrected chi connectivity index (χ3v) is 1.93. The number of aryl methyl sites for hydroxylation is 1. The van der Waals surface area contributed by atoms with E-state index in [4.69, 9.17) is 0 Å². The summed E-state index contributed by atoms with van der Waals surface area (Å²) in [6.07, 6.45) is 10.3. The van der Waals surface area contributed by atoms with Crippen LogP contribution in [0.15, 0.2) is 49.3 Å². The van der Waals surface area contributed by atoms with E-state index in [9.17, 15) is 0 Å². The van der Waals surface area contributed by atoms with E-state index in [1.54, 1.807) is 0 Å². The summed E-state index contributed by atoms with van der Waals surface area (Å²) >= 11 is 0. The number of rotatable bonds is 2. The first-order valence-electron chi connectivity index (χ1n) is 4.30. The maximum atomic E-state index is 2.12. The Labute approximate surface area is 77.5 Å². The fourth-order valence-corrected chi connectivity index (χ4v) is 1.30. The first kappa shape index (κ1) is 7.98. The van der Waals surface area contributed by atoms with Crippen molar-refractivity contribution in [1.82, 2.24) is 4.57 Å². The van der Waals surface area contributed by atoms with Gasteiger partial charge >= 0.3 is 0 Å². The second-order valence-electron chi connectivity index (χ2n) is 3.12. The molecule has 13 heavy (non-hydrogen) atoms. The van der Waals surface area contributed by atoms with Gasteiger partial charge in [0.15, 0.2) is 12.4 Å². The Balaban J connectivity index is 2.15. The lowest BCUT2D eigenvalue weighted by Gasteiger charge is -1.90. The molecule has 0 aliphatic carbocycles. The highest BCUT2D eigenvalue weighted by Gasteiger charge is 2.04. The molecule has 0 amide bonds. The molecular weight excluding hydrogens is 162 g/mol. The highest BCUT2D eigenvalue weighted by atomic mass is 15.2. The van der Waals surface area contributed by atoms with Gasteiger partial charge in [-0.05, 0) is 0 Å². The average molecular weight is 175 g/mol. The first-order chi connectivity index (χ1) is 6.34. The number of aromatic nitrogens is 3. The van der Waals surface area contributed by atoms with Crippen LogP contribution in [0, 0.1) is 0 Å². The molecule has 0 N–H and O–H groups in total. The molecule has 0 saturated heterocycles. The van der Waals surface area contributed by atoms with Gasteiger partial charge < -0.3 is 0 Å². The molecule has 0 aliphatic heterocycles. The van der Waals surface area contributed by atoms with Crippen LogP contribution in [0.3, 0.4) is 0 Å². The molecule has 2 aromatic rings. The number of hydrogen-bond acceptors (Lipinski definition) is 0. The number of imidazole rings is 1. The SMILES string of the molecule is C[n+]1ccn(C[n+]2ccccc2)c1. The van der Waals surface area contributed by atoms with Crippen molar-refractivity contribution >= 4 is 0 Å². The molecule has 0 aromatic carbocycles. The molecule has 0 spiro atoms. The van der Waals surface area contributed by atoms with Gasteiger partial charge in [-0.2, -0.15) is 9.13 Å². The summed E-state index contributed by atoms with van der Waals surface area (Å²) < 4.78 is 6.28. The Morgan fingerprint density at radius 3 is 2.46 bits per heavy atom. The second-order valence-corrected chi connectivity index (χ2v) is 3.12. The predicted octanol–water partition coefficient (Wildman–Crippen LogP) is 0.106. The zero-order chi connectivity index (χ0) is 9.10. The maximum absolute atomic E-state index is 2.12. The van der Waals surface area contributed by atoms with Gasteiger partial charge in [0, 0.05) is 12.1 Å². The van der Waals surface area contributed by atoms with Crippen molar-refractivity contribution in [3.8, 4) is 0 Å². The highest BCUT2D eigenvalue weighted by molar-refractivity contribution is 4.83. The van der Waals surface area contributed by atoms with Crippen LogP contribution in [0.5, 0.6) is 0 Å². The maximum Gasteiger partial charge on any atom is 0.289 e. The van der Waals surface area contributed by atoms with E-state index in [0.29, 0.717) is 0 Å². The predicted molar refractivity (Wildman–Crippen MR) is 47.6 cm³/mol. The van der Waals surface area contributed by atoms with Crippen LogP contribution in [0.4, 0.5) is 0 Å². The van der Waals surface area contributed by atoms with Crippen LogP contribution in [0.25, 0.3) is 0 Å². The van der Waals surface area contributed by atoms with Crippen LogP contribution in [0.1, 0.15) is 0 Å². The smallest absolute Gasteiger partial charge is 0.239 e. The zero-order valence-electron chi connectivity index (χ0n) is 7.67. The van der Waals surface area contributed by atoms with Crippen molar-refractivity contribution in [3.63, 3.8) is 0 Å². The minimum atomic E-state index is 0.863. The van der Waals surface area contributed by atoms with Gasteiger partial charge in [-0.15, -0.1) is 0 Å². The summed E-state index contributed by atoms with van der Waals surface area (Å²) in [6, 6.07) is 6.08. The van der Waals surface area contributed by atoms with Gasteiger partial charge in [0.2, 0.25) is 6.33 Å². The molecule has 2 aromatic heterocycles. The molecule has 0 aliphatic rings. The molecule has 2 heterocycles. The molecular formula is C10H13N3+2. The average Bonchev–Trinajstić information content (AvgIpc) is 2.53. The van der Waals surface area contributed by atoms with Crippen molar-refractivity contribution in [2.45, 2.75) is 6.67 Å². The van der Waals surface area contributed by atoms with E-state index in [1.165, 1.54) is 0 Å². The normalized spacial score (nSPS) is 10.2. The van der Waals surface area contributed by atoms with Crippen molar-refractivity contribution in [2.24, 2.45) is 7.05 Å². The van der Waals surface area contributed by atoms with Crippen LogP contribution >= 0.6 is 0 Å². The number of hydrogen-bond donors (Lipinski definition) is 0. The van der Waals surface area contributed by atoms with E-state index in [1.807, 2.05) is 36.0 Å². The van der Waals surface area contributed by atoms with Gasteiger partial charge in [0.1, 0.15) is 12.4 Å². The number of pyridine rings is 1. The molecule has 0 saturated carbocycles. The summed E-state index contributed by atoms with van der Waals surface area (Å²) in [5, 5.41) is 0. The summed E-state index contributed by atoms with van der Waals surface area (Å²) in [5.74, 6) is 0. The molecule has 66 valence electrons. The molecule has 0 fully saturated rings. The second kappa shape index (κ2) is 3.39. The van der Waals surface area contributed by atoms with Crippen LogP contribution in [-0.2, 0) is 13.7 Å². The van der Waals surface area contributed by atoms with E-state index in [-0.39, 0.29) is 0 Å². The van der Waals surface area contributed by atoms with Crippen LogP contribution in [0.2, 0.25) is 0 Å². The summed E-state index contributed by atoms with van der Waals surface area (Å²) in [4.78, 5) is 0. The minimum absolute atomic E-state index is 0.863. The highest BCUT2D eigenvalue weighted by Crippen LogP contribution is 1.82.